The fourth-order valence-corrected chi connectivity index (χ4v) is 4.19. The van der Waals surface area contributed by atoms with Crippen molar-refractivity contribution in [2.24, 2.45) is 11.3 Å². The largest absolute Gasteiger partial charge is 0.371 e. The quantitative estimate of drug-likeness (QED) is 0.628. The molecule has 1 heterocycles. The molecule has 2 rings (SSSR count). The van der Waals surface area contributed by atoms with Crippen molar-refractivity contribution in [3.05, 3.63) is 23.8 Å². The van der Waals surface area contributed by atoms with E-state index in [-0.39, 0.29) is 17.2 Å². The van der Waals surface area contributed by atoms with Gasteiger partial charge in [0.15, 0.2) is 0 Å². The van der Waals surface area contributed by atoms with Crippen molar-refractivity contribution in [3.8, 4) is 0 Å². The van der Waals surface area contributed by atoms with Gasteiger partial charge in [0.2, 0.25) is 5.91 Å². The predicted molar refractivity (Wildman–Crippen MR) is 122 cm³/mol. The van der Waals surface area contributed by atoms with Crippen LogP contribution in [0.25, 0.3) is 0 Å². The molecule has 2 amide bonds. The lowest BCUT2D eigenvalue weighted by molar-refractivity contribution is -0.117. The molecule has 0 unspecified atom stereocenters. The average Bonchev–Trinajstić information content (AvgIpc) is 2.65. The normalized spacial score (nSPS) is 15.7. The van der Waals surface area contributed by atoms with Crippen LogP contribution in [0.2, 0.25) is 0 Å². The summed E-state index contributed by atoms with van der Waals surface area (Å²) < 4.78 is 0. The monoisotopic (exact) mass is 401 g/mol. The van der Waals surface area contributed by atoms with Gasteiger partial charge >= 0.3 is 0 Å². The van der Waals surface area contributed by atoms with Crippen LogP contribution in [-0.4, -0.2) is 31.4 Å². The highest BCUT2D eigenvalue weighted by atomic mass is 16.2. The smallest absolute Gasteiger partial charge is 0.253 e. The van der Waals surface area contributed by atoms with Gasteiger partial charge < -0.3 is 15.5 Å². The maximum absolute atomic E-state index is 12.8. The van der Waals surface area contributed by atoms with Crippen molar-refractivity contribution in [2.75, 3.05) is 29.9 Å². The zero-order valence-electron chi connectivity index (χ0n) is 18.9. The summed E-state index contributed by atoms with van der Waals surface area (Å²) in [4.78, 5) is 27.6. The average molecular weight is 402 g/mol. The molecule has 162 valence electrons. The maximum atomic E-state index is 12.8. The van der Waals surface area contributed by atoms with Gasteiger partial charge in [-0.05, 0) is 61.6 Å². The Morgan fingerprint density at radius 2 is 1.83 bits per heavy atom. The third-order valence-electron chi connectivity index (χ3n) is 5.25. The Kier molecular flexibility index (Phi) is 8.54. The summed E-state index contributed by atoms with van der Waals surface area (Å²) in [6.45, 7) is 13.4. The number of anilines is 2. The highest BCUT2D eigenvalue weighted by Gasteiger charge is 2.21. The molecule has 29 heavy (non-hydrogen) atoms. The lowest BCUT2D eigenvalue weighted by Crippen LogP contribution is -2.33. The van der Waals surface area contributed by atoms with Crippen molar-refractivity contribution in [1.82, 2.24) is 5.32 Å². The van der Waals surface area contributed by atoms with E-state index in [2.05, 4.69) is 43.2 Å². The predicted octanol–water partition coefficient (Wildman–Crippen LogP) is 5.22. The van der Waals surface area contributed by atoms with Crippen LogP contribution in [0, 0.1) is 11.3 Å². The number of piperidine rings is 1. The van der Waals surface area contributed by atoms with Gasteiger partial charge in [-0.1, -0.05) is 34.6 Å². The summed E-state index contributed by atoms with van der Waals surface area (Å²) >= 11 is 0. The standard InChI is InChI=1S/C24H39N3O2/c1-6-12-25-23(29)20-16-19(10-11-21(20)27-13-8-7-9-14-27)26-22(28)15-18(2)17-24(3,4)5/h10-11,16,18H,6-9,12-15,17H2,1-5H3,(H,25,29)(H,26,28)/t18-/m1/s1. The molecule has 1 aliphatic rings. The highest BCUT2D eigenvalue weighted by molar-refractivity contribution is 6.02. The van der Waals surface area contributed by atoms with Gasteiger partial charge in [-0.3, -0.25) is 9.59 Å². The molecule has 0 aliphatic carbocycles. The van der Waals surface area contributed by atoms with Crippen LogP contribution in [0.1, 0.15) is 83.5 Å². The fraction of sp³-hybridized carbons (Fsp3) is 0.667. The SMILES string of the molecule is CCCNC(=O)c1cc(NC(=O)C[C@@H](C)CC(C)(C)C)ccc1N1CCCCC1. The number of hydrogen-bond acceptors (Lipinski definition) is 3. The zero-order chi connectivity index (χ0) is 21.4. The highest BCUT2D eigenvalue weighted by Crippen LogP contribution is 2.29. The Morgan fingerprint density at radius 1 is 1.14 bits per heavy atom. The molecule has 1 atom stereocenters. The second kappa shape index (κ2) is 10.7. The van der Waals surface area contributed by atoms with Crippen molar-refractivity contribution in [2.45, 2.75) is 73.1 Å². The Bertz CT molecular complexity index is 688. The van der Waals surface area contributed by atoms with Gasteiger partial charge in [0.25, 0.3) is 5.91 Å². The number of hydrogen-bond donors (Lipinski definition) is 2. The van der Waals surface area contributed by atoms with E-state index >= 15 is 0 Å². The second-order valence-corrected chi connectivity index (χ2v) is 9.66. The minimum atomic E-state index is -0.0652. The first-order valence-electron chi connectivity index (χ1n) is 11.2. The van der Waals surface area contributed by atoms with E-state index in [0.717, 1.165) is 44.5 Å². The topological polar surface area (TPSA) is 61.4 Å². The van der Waals surface area contributed by atoms with Crippen molar-refractivity contribution in [3.63, 3.8) is 0 Å². The number of amides is 2. The van der Waals surface area contributed by atoms with Crippen LogP contribution in [0.5, 0.6) is 0 Å². The molecular weight excluding hydrogens is 362 g/mol. The summed E-state index contributed by atoms with van der Waals surface area (Å²) in [6.07, 6.45) is 5.93. The molecule has 0 saturated carbocycles. The third-order valence-corrected chi connectivity index (χ3v) is 5.25. The molecule has 0 bridgehead atoms. The summed E-state index contributed by atoms with van der Waals surface area (Å²) in [7, 11) is 0. The summed E-state index contributed by atoms with van der Waals surface area (Å²) in [5.41, 5.74) is 2.53. The summed E-state index contributed by atoms with van der Waals surface area (Å²) in [5.74, 6) is 0.256. The lowest BCUT2D eigenvalue weighted by atomic mass is 9.84. The Morgan fingerprint density at radius 3 is 2.45 bits per heavy atom. The minimum Gasteiger partial charge on any atom is -0.371 e. The first kappa shape index (κ1) is 23.2. The number of carbonyl (C=O) groups is 2. The lowest BCUT2D eigenvalue weighted by Gasteiger charge is -2.30. The van der Waals surface area contributed by atoms with Crippen LogP contribution in [-0.2, 0) is 4.79 Å². The summed E-state index contributed by atoms with van der Waals surface area (Å²) in [5, 5.41) is 5.99. The zero-order valence-corrected chi connectivity index (χ0v) is 18.9. The van der Waals surface area contributed by atoms with Crippen LogP contribution in [0.15, 0.2) is 18.2 Å². The molecule has 1 aliphatic heterocycles. The number of benzene rings is 1. The van der Waals surface area contributed by atoms with E-state index < -0.39 is 0 Å². The summed E-state index contributed by atoms with van der Waals surface area (Å²) in [6, 6.07) is 5.74. The molecule has 0 aromatic heterocycles. The Hall–Kier alpha value is -2.04. The van der Waals surface area contributed by atoms with Gasteiger partial charge in [0.1, 0.15) is 0 Å². The molecule has 1 aromatic rings. The van der Waals surface area contributed by atoms with E-state index in [1.807, 2.05) is 25.1 Å². The number of rotatable bonds is 8. The van der Waals surface area contributed by atoms with Gasteiger partial charge in [0, 0.05) is 37.4 Å². The van der Waals surface area contributed by atoms with Crippen LogP contribution >= 0.6 is 0 Å². The Balaban J connectivity index is 2.13. The molecule has 1 fully saturated rings. The van der Waals surface area contributed by atoms with Gasteiger partial charge in [-0.15, -0.1) is 0 Å². The molecule has 1 aromatic carbocycles. The van der Waals surface area contributed by atoms with E-state index in [0.29, 0.717) is 30.1 Å². The first-order chi connectivity index (χ1) is 13.7. The van der Waals surface area contributed by atoms with Gasteiger partial charge in [-0.2, -0.15) is 0 Å². The Labute approximate surface area is 176 Å². The first-order valence-corrected chi connectivity index (χ1v) is 11.2. The van der Waals surface area contributed by atoms with E-state index in [1.165, 1.54) is 6.42 Å². The van der Waals surface area contributed by atoms with Crippen LogP contribution < -0.4 is 15.5 Å². The molecule has 0 spiro atoms. The van der Waals surface area contributed by atoms with E-state index in [4.69, 9.17) is 0 Å². The van der Waals surface area contributed by atoms with Crippen molar-refractivity contribution in [1.29, 1.82) is 0 Å². The minimum absolute atomic E-state index is 0.00684. The number of nitrogens with zero attached hydrogens (tertiary/aromatic N) is 1. The second-order valence-electron chi connectivity index (χ2n) is 9.66. The van der Waals surface area contributed by atoms with Crippen LogP contribution in [0.4, 0.5) is 11.4 Å². The van der Waals surface area contributed by atoms with Crippen molar-refractivity contribution >= 4 is 23.2 Å². The molecule has 5 nitrogen and oxygen atoms in total. The molecule has 2 N–H and O–H groups in total. The van der Waals surface area contributed by atoms with Crippen molar-refractivity contribution < 1.29 is 9.59 Å². The molecule has 5 heteroatoms. The van der Waals surface area contributed by atoms with E-state index in [9.17, 15) is 9.59 Å². The van der Waals surface area contributed by atoms with Gasteiger partial charge in [-0.25, -0.2) is 0 Å². The number of carbonyl (C=O) groups excluding carboxylic acids is 2. The number of nitrogens with one attached hydrogen (secondary N) is 2. The molecule has 1 saturated heterocycles. The third kappa shape index (κ3) is 7.71. The maximum Gasteiger partial charge on any atom is 0.253 e. The molecular formula is C24H39N3O2. The van der Waals surface area contributed by atoms with Crippen LogP contribution in [0.3, 0.4) is 0 Å². The molecule has 0 radical (unpaired) electrons. The van der Waals surface area contributed by atoms with Gasteiger partial charge in [0.05, 0.1) is 5.56 Å². The fourth-order valence-electron chi connectivity index (χ4n) is 4.19. The van der Waals surface area contributed by atoms with E-state index in [1.54, 1.807) is 0 Å².